The van der Waals surface area contributed by atoms with Crippen molar-refractivity contribution in [3.05, 3.63) is 34.6 Å². The highest BCUT2D eigenvalue weighted by Crippen LogP contribution is 2.16. The Labute approximate surface area is 142 Å². The van der Waals surface area contributed by atoms with E-state index >= 15 is 0 Å². The molecule has 0 bridgehead atoms. The van der Waals surface area contributed by atoms with Gasteiger partial charge in [-0.1, -0.05) is 31.5 Å². The second-order valence-electron chi connectivity index (χ2n) is 6.86. The molecule has 0 aliphatic rings. The number of alkyl carbamates (subject to hydrolysis) is 1. The Morgan fingerprint density at radius 2 is 2.00 bits per heavy atom. The highest BCUT2D eigenvalue weighted by molar-refractivity contribution is 6.30. The number of halogens is 2. The molecule has 23 heavy (non-hydrogen) atoms. The van der Waals surface area contributed by atoms with Crippen LogP contribution in [-0.2, 0) is 11.3 Å². The summed E-state index contributed by atoms with van der Waals surface area (Å²) >= 11 is 5.78. The average molecular weight is 345 g/mol. The van der Waals surface area contributed by atoms with Crippen molar-refractivity contribution in [3.63, 3.8) is 0 Å². The highest BCUT2D eigenvalue weighted by atomic mass is 35.5. The quantitative estimate of drug-likeness (QED) is 0.816. The first-order valence-electron chi connectivity index (χ1n) is 7.72. The zero-order chi connectivity index (χ0) is 17.6. The van der Waals surface area contributed by atoms with E-state index < -0.39 is 17.5 Å². The van der Waals surface area contributed by atoms with E-state index in [4.69, 9.17) is 16.3 Å². The fourth-order valence-corrected chi connectivity index (χ4v) is 2.15. The van der Waals surface area contributed by atoms with E-state index in [2.05, 4.69) is 24.5 Å². The SMILES string of the molecule is CC(C)C(CNC(=O)OC(C)(C)C)NCc1ccc(F)c(Cl)c1. The van der Waals surface area contributed by atoms with Crippen LogP contribution in [0.3, 0.4) is 0 Å². The lowest BCUT2D eigenvalue weighted by atomic mass is 10.0. The van der Waals surface area contributed by atoms with Crippen LogP contribution in [0, 0.1) is 11.7 Å². The molecule has 1 aromatic carbocycles. The van der Waals surface area contributed by atoms with E-state index in [0.29, 0.717) is 19.0 Å². The van der Waals surface area contributed by atoms with Crippen LogP contribution in [0.15, 0.2) is 18.2 Å². The van der Waals surface area contributed by atoms with E-state index in [9.17, 15) is 9.18 Å². The van der Waals surface area contributed by atoms with E-state index in [1.165, 1.54) is 6.07 Å². The molecule has 6 heteroatoms. The van der Waals surface area contributed by atoms with Crippen LogP contribution >= 0.6 is 11.6 Å². The predicted octanol–water partition coefficient (Wildman–Crippen LogP) is 4.12. The Morgan fingerprint density at radius 3 is 2.52 bits per heavy atom. The number of ether oxygens (including phenoxy) is 1. The second kappa shape index (κ2) is 8.50. The first kappa shape index (κ1) is 19.7. The minimum atomic E-state index is -0.518. The van der Waals surface area contributed by atoms with E-state index in [1.54, 1.807) is 12.1 Å². The lowest BCUT2D eigenvalue weighted by Crippen LogP contribution is -2.45. The fraction of sp³-hybridized carbons (Fsp3) is 0.588. The Morgan fingerprint density at radius 1 is 1.35 bits per heavy atom. The largest absolute Gasteiger partial charge is 0.444 e. The Hall–Kier alpha value is -1.33. The number of amides is 1. The Balaban J connectivity index is 2.52. The average Bonchev–Trinajstić information content (AvgIpc) is 2.40. The lowest BCUT2D eigenvalue weighted by Gasteiger charge is -2.25. The smallest absolute Gasteiger partial charge is 0.407 e. The number of benzene rings is 1. The van der Waals surface area contributed by atoms with Crippen molar-refractivity contribution in [2.45, 2.75) is 52.8 Å². The minimum absolute atomic E-state index is 0.0614. The van der Waals surface area contributed by atoms with Crippen molar-refractivity contribution in [1.29, 1.82) is 0 Å². The molecule has 0 aromatic heterocycles. The monoisotopic (exact) mass is 344 g/mol. The van der Waals surface area contributed by atoms with Crippen molar-refractivity contribution >= 4 is 17.7 Å². The number of carbonyl (C=O) groups is 1. The molecule has 0 radical (unpaired) electrons. The summed E-state index contributed by atoms with van der Waals surface area (Å²) in [6.45, 7) is 10.6. The second-order valence-corrected chi connectivity index (χ2v) is 7.27. The van der Waals surface area contributed by atoms with Crippen LogP contribution in [-0.4, -0.2) is 24.3 Å². The normalized spacial score (nSPS) is 13.0. The van der Waals surface area contributed by atoms with Crippen LogP contribution < -0.4 is 10.6 Å². The molecular weight excluding hydrogens is 319 g/mol. The summed E-state index contributed by atoms with van der Waals surface area (Å²) in [6.07, 6.45) is -0.435. The van der Waals surface area contributed by atoms with Gasteiger partial charge in [0.2, 0.25) is 0 Å². The van der Waals surface area contributed by atoms with Crippen LogP contribution in [0.25, 0.3) is 0 Å². The van der Waals surface area contributed by atoms with Gasteiger partial charge in [-0.05, 0) is 44.4 Å². The van der Waals surface area contributed by atoms with Crippen molar-refractivity contribution in [1.82, 2.24) is 10.6 Å². The fourth-order valence-electron chi connectivity index (χ4n) is 1.95. The molecule has 0 heterocycles. The topological polar surface area (TPSA) is 50.4 Å². The molecule has 0 aliphatic carbocycles. The molecule has 0 saturated heterocycles. The number of rotatable bonds is 6. The van der Waals surface area contributed by atoms with Gasteiger partial charge >= 0.3 is 6.09 Å². The van der Waals surface area contributed by atoms with E-state index in [1.807, 2.05) is 20.8 Å². The van der Waals surface area contributed by atoms with Gasteiger partial charge in [-0.2, -0.15) is 0 Å². The Kier molecular flexibility index (Phi) is 7.29. The standard InChI is InChI=1S/C17H26ClFN2O2/c1-11(2)15(10-21-16(22)23-17(3,4)5)20-9-12-6-7-14(19)13(18)8-12/h6-8,11,15,20H,9-10H2,1-5H3,(H,21,22). The number of hydrogen-bond donors (Lipinski definition) is 2. The van der Waals surface area contributed by atoms with Crippen molar-refractivity contribution in [2.75, 3.05) is 6.54 Å². The summed E-state index contributed by atoms with van der Waals surface area (Å²) in [5.41, 5.74) is 0.370. The number of carbonyl (C=O) groups excluding carboxylic acids is 1. The maximum Gasteiger partial charge on any atom is 0.407 e. The summed E-state index contributed by atoms with van der Waals surface area (Å²) in [7, 11) is 0. The first-order valence-corrected chi connectivity index (χ1v) is 8.10. The van der Waals surface area contributed by atoms with Gasteiger partial charge in [0.15, 0.2) is 0 Å². The van der Waals surface area contributed by atoms with Crippen LogP contribution in [0.4, 0.5) is 9.18 Å². The molecule has 1 unspecified atom stereocenters. The maximum atomic E-state index is 13.2. The maximum absolute atomic E-state index is 13.2. The van der Waals surface area contributed by atoms with Crippen molar-refractivity contribution < 1.29 is 13.9 Å². The summed E-state index contributed by atoms with van der Waals surface area (Å²) in [6, 6.07) is 4.70. The molecule has 0 fully saturated rings. The van der Waals surface area contributed by atoms with Gasteiger partial charge in [-0.15, -0.1) is 0 Å². The zero-order valence-corrected chi connectivity index (χ0v) is 15.1. The van der Waals surface area contributed by atoms with Crippen LogP contribution in [0.2, 0.25) is 5.02 Å². The molecule has 0 aliphatic heterocycles. The number of nitrogens with one attached hydrogen (secondary N) is 2. The van der Waals surface area contributed by atoms with Gasteiger partial charge in [0, 0.05) is 19.1 Å². The summed E-state index contributed by atoms with van der Waals surface area (Å²) < 4.78 is 18.4. The van der Waals surface area contributed by atoms with Gasteiger partial charge < -0.3 is 15.4 Å². The van der Waals surface area contributed by atoms with Crippen LogP contribution in [0.1, 0.15) is 40.2 Å². The molecule has 130 valence electrons. The summed E-state index contributed by atoms with van der Waals surface area (Å²) in [5, 5.41) is 6.23. The van der Waals surface area contributed by atoms with Gasteiger partial charge in [-0.25, -0.2) is 9.18 Å². The molecule has 2 N–H and O–H groups in total. The molecule has 1 atom stereocenters. The third kappa shape index (κ3) is 7.66. The molecule has 4 nitrogen and oxygen atoms in total. The summed E-state index contributed by atoms with van der Waals surface area (Å²) in [4.78, 5) is 11.7. The lowest BCUT2D eigenvalue weighted by molar-refractivity contribution is 0.0519. The Bertz CT molecular complexity index is 530. The van der Waals surface area contributed by atoms with Crippen LogP contribution in [0.5, 0.6) is 0 Å². The molecule has 1 rings (SSSR count). The predicted molar refractivity (Wildman–Crippen MR) is 91.1 cm³/mol. The molecule has 1 amide bonds. The molecule has 1 aromatic rings. The first-order chi connectivity index (χ1) is 10.6. The van der Waals surface area contributed by atoms with E-state index in [0.717, 1.165) is 5.56 Å². The third-order valence-corrected chi connectivity index (χ3v) is 3.51. The minimum Gasteiger partial charge on any atom is -0.444 e. The zero-order valence-electron chi connectivity index (χ0n) is 14.4. The van der Waals surface area contributed by atoms with Gasteiger partial charge in [0.1, 0.15) is 11.4 Å². The van der Waals surface area contributed by atoms with Gasteiger partial charge in [0.25, 0.3) is 0 Å². The van der Waals surface area contributed by atoms with Crippen molar-refractivity contribution in [2.24, 2.45) is 5.92 Å². The van der Waals surface area contributed by atoms with E-state index in [-0.39, 0.29) is 11.1 Å². The van der Waals surface area contributed by atoms with Crippen molar-refractivity contribution in [3.8, 4) is 0 Å². The van der Waals surface area contributed by atoms with Gasteiger partial charge in [-0.3, -0.25) is 0 Å². The molecule has 0 spiro atoms. The molecule has 0 saturated carbocycles. The molecular formula is C17H26ClFN2O2. The highest BCUT2D eigenvalue weighted by Gasteiger charge is 2.18. The third-order valence-electron chi connectivity index (χ3n) is 3.22. The summed E-state index contributed by atoms with van der Waals surface area (Å²) in [5.74, 6) is -0.122. The number of hydrogen-bond acceptors (Lipinski definition) is 3. The van der Waals surface area contributed by atoms with Gasteiger partial charge in [0.05, 0.1) is 5.02 Å².